The van der Waals surface area contributed by atoms with E-state index in [0.29, 0.717) is 13.1 Å². The molecule has 90 valence electrons. The van der Waals surface area contributed by atoms with Crippen LogP contribution in [0.3, 0.4) is 0 Å². The van der Waals surface area contributed by atoms with Crippen LogP contribution < -0.4 is 11.5 Å². The first kappa shape index (κ1) is 12.7. The summed E-state index contributed by atoms with van der Waals surface area (Å²) in [5.74, 6) is 1.26. The number of hydrogen-bond donors (Lipinski definition) is 2. The minimum atomic E-state index is -0.358. The average Bonchev–Trinajstić information content (AvgIpc) is 2.64. The van der Waals surface area contributed by atoms with Crippen LogP contribution in [0.15, 0.2) is 16.5 Å². The number of carbonyl (C=O) groups is 1. The summed E-state index contributed by atoms with van der Waals surface area (Å²) in [4.78, 5) is 12.8. The second-order valence-corrected chi connectivity index (χ2v) is 3.73. The lowest BCUT2D eigenvalue weighted by Gasteiger charge is -2.26. The van der Waals surface area contributed by atoms with E-state index >= 15 is 0 Å². The highest BCUT2D eigenvalue weighted by atomic mass is 16.3. The number of primary amides is 1. The van der Waals surface area contributed by atoms with Crippen molar-refractivity contribution in [2.75, 3.05) is 19.6 Å². The van der Waals surface area contributed by atoms with Gasteiger partial charge in [0.15, 0.2) is 0 Å². The fraction of sp³-hybridized carbons (Fsp3) is 0.545. The van der Waals surface area contributed by atoms with Gasteiger partial charge < -0.3 is 15.9 Å². The van der Waals surface area contributed by atoms with E-state index in [0.717, 1.165) is 11.5 Å². The molecule has 1 atom stereocenters. The van der Waals surface area contributed by atoms with Crippen LogP contribution in [0, 0.1) is 6.92 Å². The van der Waals surface area contributed by atoms with Crippen molar-refractivity contribution in [3.8, 4) is 0 Å². The lowest BCUT2D eigenvalue weighted by Crippen LogP contribution is -2.39. The zero-order chi connectivity index (χ0) is 12.1. The molecule has 5 heteroatoms. The van der Waals surface area contributed by atoms with E-state index in [2.05, 4.69) is 0 Å². The van der Waals surface area contributed by atoms with Crippen LogP contribution in [0.2, 0.25) is 0 Å². The highest BCUT2D eigenvalue weighted by Crippen LogP contribution is 2.21. The molecule has 1 amide bonds. The first-order chi connectivity index (χ1) is 7.58. The number of nitrogens with two attached hydrogens (primary N) is 2. The molecule has 5 nitrogen and oxygen atoms in total. The normalized spacial score (nSPS) is 13.0. The Bertz CT molecular complexity index is 349. The number of carbonyl (C=O) groups excluding carboxylic acids is 1. The van der Waals surface area contributed by atoms with Crippen LogP contribution in [-0.2, 0) is 4.79 Å². The maximum absolute atomic E-state index is 10.9. The van der Waals surface area contributed by atoms with E-state index in [-0.39, 0.29) is 18.5 Å². The van der Waals surface area contributed by atoms with E-state index in [4.69, 9.17) is 15.9 Å². The molecular weight excluding hydrogens is 206 g/mol. The Labute approximate surface area is 95.4 Å². The third-order valence-corrected chi connectivity index (χ3v) is 2.52. The van der Waals surface area contributed by atoms with Crippen molar-refractivity contribution < 1.29 is 9.21 Å². The molecule has 1 rings (SSSR count). The van der Waals surface area contributed by atoms with Crippen molar-refractivity contribution in [3.63, 3.8) is 0 Å². The van der Waals surface area contributed by atoms with Gasteiger partial charge in [0.25, 0.3) is 0 Å². The van der Waals surface area contributed by atoms with Crippen LogP contribution >= 0.6 is 0 Å². The van der Waals surface area contributed by atoms with Gasteiger partial charge >= 0.3 is 0 Å². The molecule has 1 aromatic heterocycles. The van der Waals surface area contributed by atoms with Gasteiger partial charge in [-0.1, -0.05) is 6.92 Å². The number of rotatable bonds is 6. The predicted molar refractivity (Wildman–Crippen MR) is 61.7 cm³/mol. The standard InChI is InChI=1S/C11H19N3O2/c1-3-14(7-11(13)15)9(6-12)10-5-4-8(2)16-10/h4-5,9H,3,6-7,12H2,1-2H3,(H2,13,15). The molecule has 0 aliphatic carbocycles. The number of hydrogen-bond acceptors (Lipinski definition) is 4. The summed E-state index contributed by atoms with van der Waals surface area (Å²) in [6.07, 6.45) is 0. The number of aryl methyl sites for hydroxylation is 1. The molecule has 0 radical (unpaired) electrons. The van der Waals surface area contributed by atoms with Crippen LogP contribution in [0.1, 0.15) is 24.5 Å². The summed E-state index contributed by atoms with van der Waals surface area (Å²) in [5, 5.41) is 0. The summed E-state index contributed by atoms with van der Waals surface area (Å²) >= 11 is 0. The maximum Gasteiger partial charge on any atom is 0.231 e. The van der Waals surface area contributed by atoms with Crippen molar-refractivity contribution in [1.29, 1.82) is 0 Å². The minimum absolute atomic E-state index is 0.0915. The smallest absolute Gasteiger partial charge is 0.231 e. The lowest BCUT2D eigenvalue weighted by molar-refractivity contribution is -0.119. The molecule has 16 heavy (non-hydrogen) atoms. The molecule has 1 unspecified atom stereocenters. The van der Waals surface area contributed by atoms with E-state index in [1.807, 2.05) is 30.9 Å². The molecule has 0 aliphatic heterocycles. The average molecular weight is 225 g/mol. The SMILES string of the molecule is CCN(CC(N)=O)C(CN)c1ccc(C)o1. The number of amides is 1. The Morgan fingerprint density at radius 3 is 2.62 bits per heavy atom. The second-order valence-electron chi connectivity index (χ2n) is 3.73. The summed E-state index contributed by atoms with van der Waals surface area (Å²) < 4.78 is 5.53. The molecule has 0 aromatic carbocycles. The molecule has 0 saturated heterocycles. The number of furan rings is 1. The molecule has 0 fully saturated rings. The Hall–Kier alpha value is -1.33. The Morgan fingerprint density at radius 1 is 1.56 bits per heavy atom. The minimum Gasteiger partial charge on any atom is -0.465 e. The van der Waals surface area contributed by atoms with Gasteiger partial charge in [-0.15, -0.1) is 0 Å². The monoisotopic (exact) mass is 225 g/mol. The molecule has 4 N–H and O–H groups in total. The largest absolute Gasteiger partial charge is 0.465 e. The van der Waals surface area contributed by atoms with Crippen molar-refractivity contribution in [2.24, 2.45) is 11.5 Å². The molecule has 0 spiro atoms. The van der Waals surface area contributed by atoms with Crippen LogP contribution in [-0.4, -0.2) is 30.4 Å². The molecule has 0 bridgehead atoms. The number of likely N-dealkylation sites (N-methyl/N-ethyl adjacent to an activating group) is 1. The second kappa shape index (κ2) is 5.67. The van der Waals surface area contributed by atoms with Crippen LogP contribution in [0.5, 0.6) is 0 Å². The quantitative estimate of drug-likeness (QED) is 0.733. The fourth-order valence-electron chi connectivity index (χ4n) is 1.72. The number of nitrogens with zero attached hydrogens (tertiary/aromatic N) is 1. The Kier molecular flexibility index (Phi) is 4.52. The van der Waals surface area contributed by atoms with E-state index in [9.17, 15) is 4.79 Å². The predicted octanol–water partition coefficient (Wildman–Crippen LogP) is 0.395. The van der Waals surface area contributed by atoms with Crippen LogP contribution in [0.25, 0.3) is 0 Å². The van der Waals surface area contributed by atoms with Gasteiger partial charge in [-0.25, -0.2) is 0 Å². The summed E-state index contributed by atoms with van der Waals surface area (Å²) in [6.45, 7) is 5.12. The lowest BCUT2D eigenvalue weighted by atomic mass is 10.2. The topological polar surface area (TPSA) is 85.5 Å². The van der Waals surface area contributed by atoms with Gasteiger partial charge in [-0.2, -0.15) is 0 Å². The van der Waals surface area contributed by atoms with Crippen molar-refractivity contribution in [2.45, 2.75) is 19.9 Å². The van der Waals surface area contributed by atoms with E-state index in [1.54, 1.807) is 0 Å². The Balaban J connectivity index is 2.82. The van der Waals surface area contributed by atoms with Gasteiger partial charge in [0, 0.05) is 6.54 Å². The molecular formula is C11H19N3O2. The van der Waals surface area contributed by atoms with Crippen molar-refractivity contribution >= 4 is 5.91 Å². The van der Waals surface area contributed by atoms with Gasteiger partial charge in [0.2, 0.25) is 5.91 Å². The summed E-state index contributed by atoms with van der Waals surface area (Å²) in [6, 6.07) is 3.68. The van der Waals surface area contributed by atoms with E-state index < -0.39 is 0 Å². The third kappa shape index (κ3) is 3.08. The van der Waals surface area contributed by atoms with E-state index in [1.165, 1.54) is 0 Å². The highest BCUT2D eigenvalue weighted by Gasteiger charge is 2.21. The van der Waals surface area contributed by atoms with Gasteiger partial charge in [0.05, 0.1) is 12.6 Å². The summed E-state index contributed by atoms with van der Waals surface area (Å²) in [7, 11) is 0. The molecule has 1 aromatic rings. The zero-order valence-electron chi connectivity index (χ0n) is 9.77. The van der Waals surface area contributed by atoms with Gasteiger partial charge in [-0.3, -0.25) is 9.69 Å². The van der Waals surface area contributed by atoms with Gasteiger partial charge in [0.1, 0.15) is 11.5 Å². The van der Waals surface area contributed by atoms with Crippen LogP contribution in [0.4, 0.5) is 0 Å². The molecule has 0 saturated carbocycles. The zero-order valence-corrected chi connectivity index (χ0v) is 9.77. The fourth-order valence-corrected chi connectivity index (χ4v) is 1.72. The summed E-state index contributed by atoms with van der Waals surface area (Å²) in [5.41, 5.74) is 10.9. The Morgan fingerprint density at radius 2 is 2.25 bits per heavy atom. The first-order valence-corrected chi connectivity index (χ1v) is 5.37. The first-order valence-electron chi connectivity index (χ1n) is 5.37. The molecule has 0 aliphatic rings. The van der Waals surface area contributed by atoms with Crippen molar-refractivity contribution in [1.82, 2.24) is 4.90 Å². The van der Waals surface area contributed by atoms with Crippen molar-refractivity contribution in [3.05, 3.63) is 23.7 Å². The third-order valence-electron chi connectivity index (χ3n) is 2.52. The maximum atomic E-state index is 10.9. The molecule has 1 heterocycles. The highest BCUT2D eigenvalue weighted by molar-refractivity contribution is 5.75. The van der Waals surface area contributed by atoms with Gasteiger partial charge in [-0.05, 0) is 25.6 Å².